The molecule has 1 aromatic carbocycles. The van der Waals surface area contributed by atoms with Crippen LogP contribution >= 0.6 is 11.6 Å². The third kappa shape index (κ3) is 2.80. The minimum atomic E-state index is -0.612. The summed E-state index contributed by atoms with van der Waals surface area (Å²) in [6, 6.07) is 4.64. The van der Waals surface area contributed by atoms with Crippen LogP contribution in [0.2, 0.25) is 5.02 Å². The Labute approximate surface area is 120 Å². The molecule has 0 fully saturated rings. The van der Waals surface area contributed by atoms with Crippen LogP contribution in [0.25, 0.3) is 0 Å². The van der Waals surface area contributed by atoms with Crippen LogP contribution in [0.4, 0.5) is 5.69 Å². The normalized spacial score (nSPS) is 14.2. The second-order valence-electron chi connectivity index (χ2n) is 4.30. The van der Waals surface area contributed by atoms with Crippen LogP contribution in [0.5, 0.6) is 0 Å². The lowest BCUT2D eigenvalue weighted by Crippen LogP contribution is -2.31. The van der Waals surface area contributed by atoms with Gasteiger partial charge in [0.1, 0.15) is 0 Å². The summed E-state index contributed by atoms with van der Waals surface area (Å²) in [5.41, 5.74) is 6.55. The van der Waals surface area contributed by atoms with E-state index < -0.39 is 5.91 Å². The monoisotopic (exact) mass is 293 g/mol. The molecule has 0 saturated heterocycles. The second-order valence-corrected chi connectivity index (χ2v) is 4.70. The van der Waals surface area contributed by atoms with E-state index in [1.165, 1.54) is 25.1 Å². The lowest BCUT2D eigenvalue weighted by atomic mass is 10.2. The molecule has 20 heavy (non-hydrogen) atoms. The zero-order chi connectivity index (χ0) is 14.9. The maximum atomic E-state index is 11.5. The Morgan fingerprint density at radius 2 is 2.10 bits per heavy atom. The van der Waals surface area contributed by atoms with Gasteiger partial charge in [-0.2, -0.15) is 0 Å². The number of carbonyl (C=O) groups excluding carboxylic acids is 3. The summed E-state index contributed by atoms with van der Waals surface area (Å²) in [6.07, 6.45) is 1.34. The molecule has 3 N–H and O–H groups in total. The van der Waals surface area contributed by atoms with E-state index in [4.69, 9.17) is 17.3 Å². The van der Waals surface area contributed by atoms with E-state index in [9.17, 15) is 14.4 Å². The van der Waals surface area contributed by atoms with E-state index in [2.05, 4.69) is 5.32 Å². The number of nitrogens with two attached hydrogens (primary N) is 1. The van der Waals surface area contributed by atoms with E-state index in [0.717, 1.165) is 4.90 Å². The SMILES string of the molecule is CC(=O)N1CC(Nc2ccc(C(N)=O)c(Cl)c2)=CC1=O. The van der Waals surface area contributed by atoms with Gasteiger partial charge in [0.05, 0.1) is 17.1 Å². The largest absolute Gasteiger partial charge is 0.366 e. The van der Waals surface area contributed by atoms with Crippen LogP contribution in [0.3, 0.4) is 0 Å². The first kappa shape index (κ1) is 14.1. The summed E-state index contributed by atoms with van der Waals surface area (Å²) >= 11 is 5.93. The molecule has 0 aromatic heterocycles. The third-order valence-corrected chi connectivity index (χ3v) is 3.12. The molecule has 7 heteroatoms. The Kier molecular flexibility index (Phi) is 3.76. The predicted octanol–water partition coefficient (Wildman–Crippen LogP) is 1.12. The highest BCUT2D eigenvalue weighted by Crippen LogP contribution is 2.23. The summed E-state index contributed by atoms with van der Waals surface area (Å²) in [5.74, 6) is -1.29. The molecular formula is C13H12ClN3O3. The summed E-state index contributed by atoms with van der Waals surface area (Å²) in [4.78, 5) is 34.9. The average Bonchev–Trinajstić information content (AvgIpc) is 2.70. The van der Waals surface area contributed by atoms with Crippen LogP contribution in [0, 0.1) is 0 Å². The first-order valence-electron chi connectivity index (χ1n) is 5.77. The molecule has 2 rings (SSSR count). The van der Waals surface area contributed by atoms with Crippen molar-refractivity contribution in [3.05, 3.63) is 40.6 Å². The Morgan fingerprint density at radius 1 is 1.40 bits per heavy atom. The summed E-state index contributed by atoms with van der Waals surface area (Å²) in [6.45, 7) is 1.51. The Bertz CT molecular complexity index is 640. The van der Waals surface area contributed by atoms with E-state index >= 15 is 0 Å². The Balaban J connectivity index is 2.14. The van der Waals surface area contributed by atoms with E-state index in [-0.39, 0.29) is 28.9 Å². The zero-order valence-electron chi connectivity index (χ0n) is 10.6. The number of imide groups is 1. The smallest absolute Gasteiger partial charge is 0.255 e. The molecule has 1 aliphatic heterocycles. The summed E-state index contributed by atoms with van der Waals surface area (Å²) < 4.78 is 0. The van der Waals surface area contributed by atoms with Crippen molar-refractivity contribution in [3.63, 3.8) is 0 Å². The summed E-state index contributed by atoms with van der Waals surface area (Å²) in [7, 11) is 0. The number of nitrogens with one attached hydrogen (secondary N) is 1. The maximum Gasteiger partial charge on any atom is 0.255 e. The number of halogens is 1. The van der Waals surface area contributed by atoms with Gasteiger partial charge in [0, 0.05) is 24.4 Å². The third-order valence-electron chi connectivity index (χ3n) is 2.81. The van der Waals surface area contributed by atoms with Gasteiger partial charge in [0.25, 0.3) is 5.91 Å². The lowest BCUT2D eigenvalue weighted by molar-refractivity contribution is -0.138. The topological polar surface area (TPSA) is 92.5 Å². The molecule has 0 bridgehead atoms. The second kappa shape index (κ2) is 5.34. The molecular weight excluding hydrogens is 282 g/mol. The molecule has 104 valence electrons. The molecule has 0 unspecified atom stereocenters. The highest BCUT2D eigenvalue weighted by molar-refractivity contribution is 6.34. The molecule has 0 saturated carbocycles. The minimum Gasteiger partial charge on any atom is -0.366 e. The number of hydrogen-bond acceptors (Lipinski definition) is 4. The minimum absolute atomic E-state index is 0.184. The number of nitrogens with zero attached hydrogens (tertiary/aromatic N) is 1. The van der Waals surface area contributed by atoms with Crippen molar-refractivity contribution in [1.29, 1.82) is 0 Å². The molecule has 0 atom stereocenters. The summed E-state index contributed by atoms with van der Waals surface area (Å²) in [5, 5.41) is 3.19. The molecule has 6 nitrogen and oxygen atoms in total. The fraction of sp³-hybridized carbons (Fsp3) is 0.154. The van der Waals surface area contributed by atoms with Crippen LogP contribution < -0.4 is 11.1 Å². The quantitative estimate of drug-likeness (QED) is 0.873. The van der Waals surface area contributed by atoms with Crippen molar-refractivity contribution >= 4 is 35.0 Å². The van der Waals surface area contributed by atoms with Crippen LogP contribution in [0.1, 0.15) is 17.3 Å². The molecule has 1 aromatic rings. The van der Waals surface area contributed by atoms with Crippen molar-refractivity contribution in [2.45, 2.75) is 6.92 Å². The van der Waals surface area contributed by atoms with Gasteiger partial charge < -0.3 is 11.1 Å². The van der Waals surface area contributed by atoms with Crippen molar-refractivity contribution in [2.75, 3.05) is 11.9 Å². The van der Waals surface area contributed by atoms with Gasteiger partial charge in [-0.15, -0.1) is 0 Å². The maximum absolute atomic E-state index is 11.5. The van der Waals surface area contributed by atoms with Crippen LogP contribution in [-0.2, 0) is 9.59 Å². The number of anilines is 1. The molecule has 0 aliphatic carbocycles. The molecule has 0 spiro atoms. The van der Waals surface area contributed by atoms with Crippen molar-refractivity contribution in [3.8, 4) is 0 Å². The fourth-order valence-electron chi connectivity index (χ4n) is 1.84. The first-order chi connectivity index (χ1) is 9.38. The van der Waals surface area contributed by atoms with Gasteiger partial charge in [-0.05, 0) is 18.2 Å². The number of rotatable bonds is 3. The van der Waals surface area contributed by atoms with Gasteiger partial charge in [-0.3, -0.25) is 19.3 Å². The van der Waals surface area contributed by atoms with Gasteiger partial charge in [0.15, 0.2) is 0 Å². The van der Waals surface area contributed by atoms with E-state index in [0.29, 0.717) is 11.4 Å². The zero-order valence-corrected chi connectivity index (χ0v) is 11.4. The van der Waals surface area contributed by atoms with Crippen molar-refractivity contribution < 1.29 is 14.4 Å². The molecule has 1 heterocycles. The number of carbonyl (C=O) groups is 3. The number of primary amides is 1. The lowest BCUT2D eigenvalue weighted by Gasteiger charge is -2.13. The van der Waals surface area contributed by atoms with Gasteiger partial charge in [-0.25, -0.2) is 0 Å². The van der Waals surface area contributed by atoms with Gasteiger partial charge in [0.2, 0.25) is 11.8 Å². The van der Waals surface area contributed by atoms with Crippen molar-refractivity contribution in [1.82, 2.24) is 4.90 Å². The standard InChI is InChI=1S/C13H12ClN3O3/c1-7(18)17-6-9(5-12(17)19)16-8-2-3-10(13(15)20)11(14)4-8/h2-5,16H,6H2,1H3,(H2,15,20). The number of benzene rings is 1. The van der Waals surface area contributed by atoms with Crippen LogP contribution in [-0.4, -0.2) is 29.2 Å². The first-order valence-corrected chi connectivity index (χ1v) is 6.15. The van der Waals surface area contributed by atoms with E-state index in [1.54, 1.807) is 6.07 Å². The predicted molar refractivity (Wildman–Crippen MR) is 74.1 cm³/mol. The number of hydrogen-bond donors (Lipinski definition) is 2. The molecule has 1 aliphatic rings. The highest BCUT2D eigenvalue weighted by atomic mass is 35.5. The number of amides is 3. The molecule has 3 amide bonds. The Hall–Kier alpha value is -2.34. The average molecular weight is 294 g/mol. The fourth-order valence-corrected chi connectivity index (χ4v) is 2.11. The highest BCUT2D eigenvalue weighted by Gasteiger charge is 2.24. The Morgan fingerprint density at radius 3 is 2.60 bits per heavy atom. The van der Waals surface area contributed by atoms with E-state index in [1.807, 2.05) is 0 Å². The van der Waals surface area contributed by atoms with Crippen LogP contribution in [0.15, 0.2) is 30.0 Å². The van der Waals surface area contributed by atoms with Crippen molar-refractivity contribution in [2.24, 2.45) is 5.73 Å². The van der Waals surface area contributed by atoms with Gasteiger partial charge in [-0.1, -0.05) is 11.6 Å². The molecule has 0 radical (unpaired) electrons. The van der Waals surface area contributed by atoms with Gasteiger partial charge >= 0.3 is 0 Å².